The first kappa shape index (κ1) is 15.7. The number of hydrogen-bond donors (Lipinski definition) is 0. The smallest absolute Gasteiger partial charge is 0.319 e. The van der Waals surface area contributed by atoms with E-state index in [9.17, 15) is 4.79 Å². The number of fused-ring (bicyclic) bond motifs is 1. The molecule has 0 atom stereocenters. The fraction of sp³-hybridized carbons (Fsp3) is 0.250. The third kappa shape index (κ3) is 2.71. The fourth-order valence-electron chi connectivity index (χ4n) is 2.60. The topological polar surface area (TPSA) is 57.8 Å². The van der Waals surface area contributed by atoms with Gasteiger partial charge in [0.05, 0.1) is 16.6 Å². The molecule has 1 aliphatic heterocycles. The zero-order valence-electron chi connectivity index (χ0n) is 12.6. The standard InChI is InChI=1S/C16H13Cl2N3O3/c1-9-23-15(24-9)11-3-5-14-19-21(16(22)20(14)8-11)7-10-2-4-12(17)13(18)6-10/h2-6,8-9,15H,7H2,1H3. The van der Waals surface area contributed by atoms with Gasteiger partial charge in [-0.25, -0.2) is 13.9 Å². The van der Waals surface area contributed by atoms with Gasteiger partial charge in [-0.05, 0) is 36.8 Å². The summed E-state index contributed by atoms with van der Waals surface area (Å²) in [5.41, 5.74) is 1.92. The summed E-state index contributed by atoms with van der Waals surface area (Å²) in [5.74, 6) is 0. The number of halogens is 2. The van der Waals surface area contributed by atoms with Crippen LogP contribution in [0, 0.1) is 0 Å². The summed E-state index contributed by atoms with van der Waals surface area (Å²) in [6.45, 7) is 2.12. The van der Waals surface area contributed by atoms with Crippen LogP contribution in [0.2, 0.25) is 10.0 Å². The number of hydrogen-bond acceptors (Lipinski definition) is 4. The van der Waals surface area contributed by atoms with E-state index in [2.05, 4.69) is 5.10 Å². The number of benzene rings is 1. The molecule has 0 unspecified atom stereocenters. The lowest BCUT2D eigenvalue weighted by atomic mass is 10.2. The average molecular weight is 366 g/mol. The highest BCUT2D eigenvalue weighted by Crippen LogP contribution is 2.31. The van der Waals surface area contributed by atoms with Crippen molar-refractivity contribution >= 4 is 28.8 Å². The normalized spacial score (nSPS) is 20.3. The lowest BCUT2D eigenvalue weighted by Crippen LogP contribution is -2.32. The van der Waals surface area contributed by atoms with E-state index in [0.717, 1.165) is 11.1 Å². The summed E-state index contributed by atoms with van der Waals surface area (Å²) < 4.78 is 13.8. The molecule has 0 amide bonds. The second-order valence-electron chi connectivity index (χ2n) is 5.55. The van der Waals surface area contributed by atoms with Crippen LogP contribution >= 0.6 is 23.2 Å². The van der Waals surface area contributed by atoms with Crippen molar-refractivity contribution in [2.45, 2.75) is 26.0 Å². The molecular weight excluding hydrogens is 353 g/mol. The molecule has 1 fully saturated rings. The lowest BCUT2D eigenvalue weighted by molar-refractivity contribution is -0.382. The molecule has 1 saturated heterocycles. The molecule has 0 spiro atoms. The Bertz CT molecular complexity index is 976. The highest BCUT2D eigenvalue weighted by atomic mass is 35.5. The SMILES string of the molecule is CC1OC(c2ccc3nn(Cc4ccc(Cl)c(Cl)c4)c(=O)n3c2)O1. The van der Waals surface area contributed by atoms with Gasteiger partial charge in [0.2, 0.25) is 0 Å². The molecule has 3 heterocycles. The van der Waals surface area contributed by atoms with Crippen LogP contribution in [0.1, 0.15) is 24.3 Å². The van der Waals surface area contributed by atoms with Crippen LogP contribution in [0.4, 0.5) is 0 Å². The quantitative estimate of drug-likeness (QED) is 0.714. The Balaban J connectivity index is 1.67. The van der Waals surface area contributed by atoms with E-state index in [1.807, 2.05) is 19.1 Å². The molecule has 0 radical (unpaired) electrons. The maximum Gasteiger partial charge on any atom is 0.350 e. The van der Waals surface area contributed by atoms with Crippen molar-refractivity contribution in [1.29, 1.82) is 0 Å². The Kier molecular flexibility index (Phi) is 3.85. The van der Waals surface area contributed by atoms with Crippen molar-refractivity contribution in [1.82, 2.24) is 14.2 Å². The largest absolute Gasteiger partial charge is 0.350 e. The summed E-state index contributed by atoms with van der Waals surface area (Å²) in [4.78, 5) is 12.6. The molecular formula is C16H13Cl2N3O3. The maximum absolute atomic E-state index is 12.6. The van der Waals surface area contributed by atoms with Crippen LogP contribution in [-0.4, -0.2) is 20.5 Å². The minimum absolute atomic E-state index is 0.222. The van der Waals surface area contributed by atoms with Crippen molar-refractivity contribution in [3.63, 3.8) is 0 Å². The summed E-state index contributed by atoms with van der Waals surface area (Å²) in [6, 6.07) is 8.83. The van der Waals surface area contributed by atoms with Gasteiger partial charge in [-0.3, -0.25) is 0 Å². The zero-order chi connectivity index (χ0) is 16.8. The van der Waals surface area contributed by atoms with E-state index < -0.39 is 6.29 Å². The molecule has 0 aliphatic carbocycles. The lowest BCUT2D eigenvalue weighted by Gasteiger charge is -2.33. The third-order valence-electron chi connectivity index (χ3n) is 3.82. The first-order chi connectivity index (χ1) is 11.5. The van der Waals surface area contributed by atoms with Crippen LogP contribution in [-0.2, 0) is 16.0 Å². The molecule has 8 heteroatoms. The predicted octanol–water partition coefficient (Wildman–Crippen LogP) is 3.24. The van der Waals surface area contributed by atoms with Crippen LogP contribution < -0.4 is 5.69 Å². The van der Waals surface area contributed by atoms with Crippen LogP contribution in [0.5, 0.6) is 0 Å². The summed E-state index contributed by atoms with van der Waals surface area (Å²) in [6.07, 6.45) is 1.03. The molecule has 0 N–H and O–H groups in total. The van der Waals surface area contributed by atoms with Gasteiger partial charge in [0.15, 0.2) is 18.2 Å². The van der Waals surface area contributed by atoms with Crippen LogP contribution in [0.3, 0.4) is 0 Å². The van der Waals surface area contributed by atoms with Gasteiger partial charge in [0, 0.05) is 11.8 Å². The van der Waals surface area contributed by atoms with E-state index in [1.54, 1.807) is 24.4 Å². The summed E-state index contributed by atoms with van der Waals surface area (Å²) >= 11 is 11.9. The fourth-order valence-corrected chi connectivity index (χ4v) is 2.92. The number of rotatable bonds is 3. The number of pyridine rings is 1. The van der Waals surface area contributed by atoms with Crippen molar-refractivity contribution in [2.75, 3.05) is 0 Å². The monoisotopic (exact) mass is 365 g/mol. The van der Waals surface area contributed by atoms with E-state index in [4.69, 9.17) is 32.7 Å². The van der Waals surface area contributed by atoms with Crippen LogP contribution in [0.15, 0.2) is 41.3 Å². The Labute approximate surface area is 147 Å². The number of nitrogens with zero attached hydrogens (tertiary/aromatic N) is 3. The molecule has 3 aromatic rings. The highest BCUT2D eigenvalue weighted by molar-refractivity contribution is 6.42. The number of aromatic nitrogens is 3. The van der Waals surface area contributed by atoms with Crippen molar-refractivity contribution < 1.29 is 9.47 Å². The molecule has 0 bridgehead atoms. The molecule has 6 nitrogen and oxygen atoms in total. The van der Waals surface area contributed by atoms with Gasteiger partial charge in [-0.15, -0.1) is 5.10 Å². The molecule has 24 heavy (non-hydrogen) atoms. The van der Waals surface area contributed by atoms with E-state index >= 15 is 0 Å². The molecule has 2 aromatic heterocycles. The predicted molar refractivity (Wildman–Crippen MR) is 89.4 cm³/mol. The van der Waals surface area contributed by atoms with Crippen molar-refractivity contribution in [2.24, 2.45) is 0 Å². The minimum atomic E-state index is -0.435. The Morgan fingerprint density at radius 1 is 1.17 bits per heavy atom. The Morgan fingerprint density at radius 3 is 2.67 bits per heavy atom. The molecule has 1 aliphatic rings. The van der Waals surface area contributed by atoms with Gasteiger partial charge >= 0.3 is 5.69 Å². The zero-order valence-corrected chi connectivity index (χ0v) is 14.2. The summed E-state index contributed by atoms with van der Waals surface area (Å²) in [5, 5.41) is 5.25. The van der Waals surface area contributed by atoms with E-state index in [0.29, 0.717) is 22.2 Å². The van der Waals surface area contributed by atoms with Gasteiger partial charge in [0.1, 0.15) is 0 Å². The third-order valence-corrected chi connectivity index (χ3v) is 4.56. The van der Waals surface area contributed by atoms with Gasteiger partial charge in [-0.1, -0.05) is 29.3 Å². The first-order valence-corrected chi connectivity index (χ1v) is 8.11. The number of ether oxygens (including phenoxy) is 2. The second-order valence-corrected chi connectivity index (χ2v) is 6.37. The minimum Gasteiger partial charge on any atom is -0.319 e. The van der Waals surface area contributed by atoms with Gasteiger partial charge in [0.25, 0.3) is 0 Å². The molecule has 0 saturated carbocycles. The Morgan fingerprint density at radius 2 is 1.96 bits per heavy atom. The van der Waals surface area contributed by atoms with Crippen molar-refractivity contribution in [3.8, 4) is 0 Å². The van der Waals surface area contributed by atoms with Crippen molar-refractivity contribution in [3.05, 3.63) is 68.2 Å². The Hall–Kier alpha value is -1.86. The molecule has 4 rings (SSSR count). The van der Waals surface area contributed by atoms with Gasteiger partial charge in [-0.2, -0.15) is 0 Å². The molecule has 1 aromatic carbocycles. The first-order valence-electron chi connectivity index (χ1n) is 7.35. The maximum atomic E-state index is 12.6. The second kappa shape index (κ2) is 5.89. The summed E-state index contributed by atoms with van der Waals surface area (Å²) in [7, 11) is 0. The van der Waals surface area contributed by atoms with E-state index in [-0.39, 0.29) is 12.0 Å². The highest BCUT2D eigenvalue weighted by Gasteiger charge is 2.29. The molecule has 124 valence electrons. The average Bonchev–Trinajstić information content (AvgIpc) is 2.84. The van der Waals surface area contributed by atoms with Crippen LogP contribution in [0.25, 0.3) is 5.65 Å². The van der Waals surface area contributed by atoms with Gasteiger partial charge < -0.3 is 9.47 Å². The van der Waals surface area contributed by atoms with E-state index in [1.165, 1.54) is 9.08 Å².